The number of rotatable bonds is 4. The van der Waals surface area contributed by atoms with Crippen LogP contribution in [-0.4, -0.2) is 23.7 Å². The molecule has 102 valence electrons. The van der Waals surface area contributed by atoms with Crippen molar-refractivity contribution in [2.24, 2.45) is 11.8 Å². The molecule has 1 saturated carbocycles. The second kappa shape index (κ2) is 5.61. The number of anilines is 1. The maximum atomic E-state index is 11.7. The van der Waals surface area contributed by atoms with Crippen molar-refractivity contribution < 1.29 is 14.7 Å². The Hall–Kier alpha value is -1.56. The zero-order valence-electron chi connectivity index (χ0n) is 10.4. The Kier molecular flexibility index (Phi) is 4.09. The SMILES string of the molecule is CC1CC1CNC(=O)Nc1c(Br)cccc1C(=O)O. The number of benzene rings is 1. The van der Waals surface area contributed by atoms with E-state index in [9.17, 15) is 9.59 Å². The van der Waals surface area contributed by atoms with Crippen LogP contribution in [0.2, 0.25) is 0 Å². The number of nitrogens with one attached hydrogen (secondary N) is 2. The van der Waals surface area contributed by atoms with Gasteiger partial charge in [0.1, 0.15) is 0 Å². The quantitative estimate of drug-likeness (QED) is 0.796. The molecule has 2 atom stereocenters. The molecule has 0 aromatic heterocycles. The Balaban J connectivity index is 2.01. The van der Waals surface area contributed by atoms with Crippen LogP contribution in [-0.2, 0) is 0 Å². The van der Waals surface area contributed by atoms with Gasteiger partial charge in [-0.1, -0.05) is 13.0 Å². The van der Waals surface area contributed by atoms with E-state index >= 15 is 0 Å². The van der Waals surface area contributed by atoms with Crippen molar-refractivity contribution in [1.82, 2.24) is 5.32 Å². The zero-order valence-corrected chi connectivity index (χ0v) is 12.0. The summed E-state index contributed by atoms with van der Waals surface area (Å²) in [6.45, 7) is 2.76. The number of carbonyl (C=O) groups excluding carboxylic acids is 1. The number of aromatic carboxylic acids is 1. The number of urea groups is 1. The van der Waals surface area contributed by atoms with Gasteiger partial charge in [-0.3, -0.25) is 0 Å². The molecule has 1 aromatic rings. The molecule has 1 aliphatic rings. The Morgan fingerprint density at radius 1 is 1.47 bits per heavy atom. The molecule has 0 saturated heterocycles. The van der Waals surface area contributed by atoms with Gasteiger partial charge in [0.2, 0.25) is 0 Å². The fraction of sp³-hybridized carbons (Fsp3) is 0.385. The van der Waals surface area contributed by atoms with Gasteiger partial charge >= 0.3 is 12.0 Å². The van der Waals surface area contributed by atoms with E-state index in [0.29, 0.717) is 22.9 Å². The lowest BCUT2D eigenvalue weighted by atomic mass is 10.2. The molecule has 5 nitrogen and oxygen atoms in total. The molecule has 3 N–H and O–H groups in total. The molecule has 0 radical (unpaired) electrons. The lowest BCUT2D eigenvalue weighted by Crippen LogP contribution is -2.31. The summed E-state index contributed by atoms with van der Waals surface area (Å²) in [7, 11) is 0. The first-order valence-electron chi connectivity index (χ1n) is 6.05. The molecule has 1 aromatic carbocycles. The average molecular weight is 327 g/mol. The highest BCUT2D eigenvalue weighted by atomic mass is 79.9. The molecular weight excluding hydrogens is 312 g/mol. The highest BCUT2D eigenvalue weighted by molar-refractivity contribution is 9.10. The van der Waals surface area contributed by atoms with Crippen LogP contribution < -0.4 is 10.6 Å². The van der Waals surface area contributed by atoms with E-state index in [2.05, 4.69) is 33.5 Å². The van der Waals surface area contributed by atoms with Crippen LogP contribution in [0.4, 0.5) is 10.5 Å². The number of carboxylic acids is 1. The van der Waals surface area contributed by atoms with Gasteiger partial charge < -0.3 is 15.7 Å². The molecule has 0 aliphatic heterocycles. The number of hydrogen-bond donors (Lipinski definition) is 3. The van der Waals surface area contributed by atoms with E-state index < -0.39 is 5.97 Å². The predicted molar refractivity (Wildman–Crippen MR) is 75.4 cm³/mol. The first-order valence-corrected chi connectivity index (χ1v) is 6.85. The van der Waals surface area contributed by atoms with Crippen LogP contribution >= 0.6 is 15.9 Å². The molecule has 19 heavy (non-hydrogen) atoms. The van der Waals surface area contributed by atoms with E-state index in [1.165, 1.54) is 6.07 Å². The maximum absolute atomic E-state index is 11.7. The average Bonchev–Trinajstić information content (AvgIpc) is 3.05. The monoisotopic (exact) mass is 326 g/mol. The second-order valence-electron chi connectivity index (χ2n) is 4.78. The van der Waals surface area contributed by atoms with Crippen LogP contribution in [0.3, 0.4) is 0 Å². The van der Waals surface area contributed by atoms with Crippen molar-refractivity contribution in [3.63, 3.8) is 0 Å². The van der Waals surface area contributed by atoms with Crippen LogP contribution in [0.1, 0.15) is 23.7 Å². The maximum Gasteiger partial charge on any atom is 0.337 e. The fourth-order valence-electron chi connectivity index (χ4n) is 1.89. The summed E-state index contributed by atoms with van der Waals surface area (Å²) in [5, 5.41) is 14.4. The third-order valence-electron chi connectivity index (χ3n) is 3.28. The summed E-state index contributed by atoms with van der Waals surface area (Å²) < 4.78 is 0.544. The van der Waals surface area contributed by atoms with E-state index in [1.807, 2.05) is 0 Å². The van der Waals surface area contributed by atoms with Gasteiger partial charge in [0.25, 0.3) is 0 Å². The summed E-state index contributed by atoms with van der Waals surface area (Å²) in [5.41, 5.74) is 0.334. The lowest BCUT2D eigenvalue weighted by molar-refractivity contribution is 0.0698. The molecule has 2 unspecified atom stereocenters. The van der Waals surface area contributed by atoms with Crippen LogP contribution in [0.5, 0.6) is 0 Å². The van der Waals surface area contributed by atoms with Gasteiger partial charge in [-0.2, -0.15) is 0 Å². The zero-order chi connectivity index (χ0) is 14.0. The molecule has 0 bridgehead atoms. The van der Waals surface area contributed by atoms with Crippen LogP contribution in [0.25, 0.3) is 0 Å². The minimum Gasteiger partial charge on any atom is -0.478 e. The molecule has 1 aliphatic carbocycles. The third-order valence-corrected chi connectivity index (χ3v) is 3.94. The van der Waals surface area contributed by atoms with Crippen LogP contribution in [0.15, 0.2) is 22.7 Å². The van der Waals surface area contributed by atoms with E-state index in [1.54, 1.807) is 12.1 Å². The first kappa shape index (κ1) is 13.9. The lowest BCUT2D eigenvalue weighted by Gasteiger charge is -2.11. The predicted octanol–water partition coefficient (Wildman–Crippen LogP) is 2.92. The molecule has 0 spiro atoms. The Morgan fingerprint density at radius 3 is 2.74 bits per heavy atom. The fourth-order valence-corrected chi connectivity index (χ4v) is 2.36. The molecule has 0 heterocycles. The standard InChI is InChI=1S/C13H15BrN2O3/c1-7-5-8(7)6-15-13(19)16-11-9(12(17)18)3-2-4-10(11)14/h2-4,7-8H,5-6H2,1H3,(H,17,18)(H2,15,16,19). The summed E-state index contributed by atoms with van der Waals surface area (Å²) >= 11 is 3.24. The molecule has 6 heteroatoms. The summed E-state index contributed by atoms with van der Waals surface area (Å²) in [4.78, 5) is 22.8. The van der Waals surface area contributed by atoms with E-state index in [0.717, 1.165) is 6.42 Å². The number of hydrogen-bond acceptors (Lipinski definition) is 2. The topological polar surface area (TPSA) is 78.4 Å². The molecular formula is C13H15BrN2O3. The number of amides is 2. The van der Waals surface area contributed by atoms with Crippen molar-refractivity contribution >= 4 is 33.6 Å². The largest absolute Gasteiger partial charge is 0.478 e. The van der Waals surface area contributed by atoms with Gasteiger partial charge in [0.15, 0.2) is 0 Å². The summed E-state index contributed by atoms with van der Waals surface area (Å²) in [5.74, 6) is 0.134. The van der Waals surface area contributed by atoms with Crippen molar-refractivity contribution in [2.45, 2.75) is 13.3 Å². The Morgan fingerprint density at radius 2 is 2.16 bits per heavy atom. The van der Waals surface area contributed by atoms with Crippen molar-refractivity contribution in [2.75, 3.05) is 11.9 Å². The van der Waals surface area contributed by atoms with Gasteiger partial charge in [0.05, 0.1) is 11.3 Å². The second-order valence-corrected chi connectivity index (χ2v) is 5.63. The molecule has 2 amide bonds. The normalized spacial score (nSPS) is 20.7. The van der Waals surface area contributed by atoms with E-state index in [4.69, 9.17) is 5.11 Å². The number of carbonyl (C=O) groups is 2. The van der Waals surface area contributed by atoms with Gasteiger partial charge in [-0.15, -0.1) is 0 Å². The number of halogens is 1. The molecule has 1 fully saturated rings. The minimum absolute atomic E-state index is 0.0596. The van der Waals surface area contributed by atoms with Gasteiger partial charge in [-0.05, 0) is 46.3 Å². The van der Waals surface area contributed by atoms with Crippen molar-refractivity contribution in [1.29, 1.82) is 0 Å². The molecule has 2 rings (SSSR count). The van der Waals surface area contributed by atoms with Crippen molar-refractivity contribution in [3.05, 3.63) is 28.2 Å². The number of para-hydroxylation sites is 1. The smallest absolute Gasteiger partial charge is 0.337 e. The Bertz CT molecular complexity index is 519. The Labute approximate surface area is 119 Å². The third kappa shape index (κ3) is 3.47. The minimum atomic E-state index is -1.08. The van der Waals surface area contributed by atoms with Crippen LogP contribution in [0, 0.1) is 11.8 Å². The summed E-state index contributed by atoms with van der Waals surface area (Å²) in [6, 6.07) is 4.37. The van der Waals surface area contributed by atoms with Gasteiger partial charge in [-0.25, -0.2) is 9.59 Å². The summed E-state index contributed by atoms with van der Waals surface area (Å²) in [6.07, 6.45) is 1.13. The van der Waals surface area contributed by atoms with Gasteiger partial charge in [0, 0.05) is 11.0 Å². The first-order chi connectivity index (χ1) is 8.99. The van der Waals surface area contributed by atoms with Crippen molar-refractivity contribution in [3.8, 4) is 0 Å². The highest BCUT2D eigenvalue weighted by Gasteiger charge is 2.32. The number of carboxylic acid groups (broad SMARTS) is 1. The van der Waals surface area contributed by atoms with E-state index in [-0.39, 0.29) is 17.3 Å². The highest BCUT2D eigenvalue weighted by Crippen LogP contribution is 2.36.